The molecule has 6 N–H and O–H groups in total. The summed E-state index contributed by atoms with van der Waals surface area (Å²) in [6.07, 6.45) is 0. The lowest BCUT2D eigenvalue weighted by molar-refractivity contribution is -0.00000410. The third-order valence-corrected chi connectivity index (χ3v) is 1.30. The Bertz CT molecular complexity index is 386. The number of rotatable bonds is 1. The molecular formula is C8H10ClFN5-. The van der Waals surface area contributed by atoms with Crippen LogP contribution in [0.15, 0.2) is 34.3 Å². The lowest BCUT2D eigenvalue weighted by Gasteiger charge is -1.95. The Morgan fingerprint density at radius 2 is 1.87 bits per heavy atom. The first-order valence-electron chi connectivity index (χ1n) is 3.77. The summed E-state index contributed by atoms with van der Waals surface area (Å²) in [5.41, 5.74) is 15.8. The van der Waals surface area contributed by atoms with E-state index in [2.05, 4.69) is 9.98 Å². The first-order chi connectivity index (χ1) is 6.58. The van der Waals surface area contributed by atoms with Crippen LogP contribution in [0.2, 0.25) is 0 Å². The molecule has 0 bridgehead atoms. The Kier molecular flexibility index (Phi) is 5.11. The molecule has 0 unspecified atom stereocenters. The maximum atomic E-state index is 12.7. The van der Waals surface area contributed by atoms with E-state index in [4.69, 9.17) is 17.2 Å². The van der Waals surface area contributed by atoms with Crippen molar-refractivity contribution in [3.8, 4) is 0 Å². The molecule has 0 aliphatic heterocycles. The van der Waals surface area contributed by atoms with Crippen molar-refractivity contribution in [1.29, 1.82) is 0 Å². The molecular weight excluding hydrogens is 221 g/mol. The van der Waals surface area contributed by atoms with E-state index in [1.54, 1.807) is 6.07 Å². The van der Waals surface area contributed by atoms with E-state index >= 15 is 0 Å². The number of guanidine groups is 2. The molecule has 5 nitrogen and oxygen atoms in total. The van der Waals surface area contributed by atoms with Crippen LogP contribution in [0.4, 0.5) is 10.1 Å². The molecule has 0 radical (unpaired) electrons. The standard InChI is InChI=1S/C8H10FN5.ClH/c9-5-2-1-3-6(4-5)13-8(12)14-7(10)11;/h1-4H,(H6,10,11,12,13,14);1H/p-1. The van der Waals surface area contributed by atoms with Gasteiger partial charge in [0.25, 0.3) is 0 Å². The van der Waals surface area contributed by atoms with Gasteiger partial charge in [-0.2, -0.15) is 4.99 Å². The van der Waals surface area contributed by atoms with Crippen LogP contribution in [0, 0.1) is 5.82 Å². The van der Waals surface area contributed by atoms with E-state index in [9.17, 15) is 4.39 Å². The molecule has 15 heavy (non-hydrogen) atoms. The zero-order chi connectivity index (χ0) is 10.6. The summed E-state index contributed by atoms with van der Waals surface area (Å²) in [5.74, 6) is -0.706. The molecule has 0 saturated carbocycles. The molecule has 82 valence electrons. The summed E-state index contributed by atoms with van der Waals surface area (Å²) in [5, 5.41) is 0. The Balaban J connectivity index is 0.00000196. The summed E-state index contributed by atoms with van der Waals surface area (Å²) < 4.78 is 12.7. The molecule has 0 fully saturated rings. The van der Waals surface area contributed by atoms with Crippen molar-refractivity contribution in [2.24, 2.45) is 27.2 Å². The highest BCUT2D eigenvalue weighted by atomic mass is 35.5. The van der Waals surface area contributed by atoms with Crippen molar-refractivity contribution in [3.63, 3.8) is 0 Å². The minimum Gasteiger partial charge on any atom is -1.00 e. The molecule has 0 aromatic heterocycles. The fourth-order valence-electron chi connectivity index (χ4n) is 0.835. The normalized spacial score (nSPS) is 10.3. The van der Waals surface area contributed by atoms with Gasteiger partial charge >= 0.3 is 0 Å². The zero-order valence-electron chi connectivity index (χ0n) is 7.69. The maximum absolute atomic E-state index is 12.7. The van der Waals surface area contributed by atoms with E-state index in [1.165, 1.54) is 18.2 Å². The lowest BCUT2D eigenvalue weighted by atomic mass is 10.3. The van der Waals surface area contributed by atoms with Crippen molar-refractivity contribution < 1.29 is 16.8 Å². The van der Waals surface area contributed by atoms with Gasteiger partial charge in [-0.15, -0.1) is 0 Å². The van der Waals surface area contributed by atoms with Gasteiger partial charge in [-0.1, -0.05) is 6.07 Å². The second-order valence-corrected chi connectivity index (χ2v) is 2.49. The molecule has 7 heteroatoms. The van der Waals surface area contributed by atoms with E-state index in [1.807, 2.05) is 0 Å². The highest BCUT2D eigenvalue weighted by molar-refractivity contribution is 5.93. The number of halogens is 2. The third kappa shape index (κ3) is 4.82. The minimum atomic E-state index is -0.399. The Labute approximate surface area is 92.3 Å². The second-order valence-electron chi connectivity index (χ2n) is 2.49. The summed E-state index contributed by atoms with van der Waals surface area (Å²) in [4.78, 5) is 7.25. The number of hydrogen-bond acceptors (Lipinski definition) is 1. The van der Waals surface area contributed by atoms with E-state index < -0.39 is 5.82 Å². The SMILES string of the molecule is NC(N)=NC(N)=Nc1cccc(F)c1.[Cl-]. The van der Waals surface area contributed by atoms with Gasteiger partial charge in [-0.25, -0.2) is 9.38 Å². The van der Waals surface area contributed by atoms with Crippen molar-refractivity contribution in [2.75, 3.05) is 0 Å². The average Bonchev–Trinajstić information content (AvgIpc) is 2.01. The van der Waals surface area contributed by atoms with Crippen LogP contribution in [-0.4, -0.2) is 11.9 Å². The molecule has 1 rings (SSSR count). The predicted molar refractivity (Wildman–Crippen MR) is 53.5 cm³/mol. The van der Waals surface area contributed by atoms with Crippen LogP contribution < -0.4 is 29.6 Å². The van der Waals surface area contributed by atoms with E-state index in [0.29, 0.717) is 5.69 Å². The van der Waals surface area contributed by atoms with Gasteiger partial charge in [0.05, 0.1) is 5.69 Å². The Morgan fingerprint density at radius 3 is 2.40 bits per heavy atom. The quantitative estimate of drug-likeness (QED) is 0.355. The summed E-state index contributed by atoms with van der Waals surface area (Å²) in [7, 11) is 0. The largest absolute Gasteiger partial charge is 1.00 e. The molecule has 0 aliphatic carbocycles. The fourth-order valence-corrected chi connectivity index (χ4v) is 0.835. The van der Waals surface area contributed by atoms with E-state index in [0.717, 1.165) is 0 Å². The van der Waals surface area contributed by atoms with Gasteiger partial charge in [0.2, 0.25) is 5.96 Å². The Morgan fingerprint density at radius 1 is 1.20 bits per heavy atom. The summed E-state index contributed by atoms with van der Waals surface area (Å²) in [6, 6.07) is 5.61. The summed E-state index contributed by atoms with van der Waals surface area (Å²) >= 11 is 0. The van der Waals surface area contributed by atoms with Crippen LogP contribution >= 0.6 is 0 Å². The third-order valence-electron chi connectivity index (χ3n) is 1.30. The van der Waals surface area contributed by atoms with Gasteiger partial charge in [0, 0.05) is 0 Å². The van der Waals surface area contributed by atoms with Gasteiger partial charge in [0.15, 0.2) is 5.96 Å². The second kappa shape index (κ2) is 5.82. The van der Waals surface area contributed by atoms with Crippen molar-refractivity contribution >= 4 is 17.6 Å². The molecule has 1 aromatic rings. The minimum absolute atomic E-state index is 0. The van der Waals surface area contributed by atoms with Crippen LogP contribution in [-0.2, 0) is 0 Å². The topological polar surface area (TPSA) is 103 Å². The molecule has 0 atom stereocenters. The Hall–Kier alpha value is -1.82. The fraction of sp³-hybridized carbons (Fsp3) is 0. The van der Waals surface area contributed by atoms with Crippen molar-refractivity contribution in [2.45, 2.75) is 0 Å². The number of benzene rings is 1. The molecule has 1 aromatic carbocycles. The highest BCUT2D eigenvalue weighted by Crippen LogP contribution is 2.12. The lowest BCUT2D eigenvalue weighted by Crippen LogP contribution is -3.00. The monoisotopic (exact) mass is 230 g/mol. The molecule has 0 amide bonds. The smallest absolute Gasteiger partial charge is 0.223 e. The molecule has 0 spiro atoms. The van der Waals surface area contributed by atoms with Crippen LogP contribution in [0.1, 0.15) is 0 Å². The first kappa shape index (κ1) is 13.2. The highest BCUT2D eigenvalue weighted by Gasteiger charge is 1.94. The zero-order valence-corrected chi connectivity index (χ0v) is 8.45. The maximum Gasteiger partial charge on any atom is 0.223 e. The molecule has 0 heterocycles. The summed E-state index contributed by atoms with van der Waals surface area (Å²) in [6.45, 7) is 0. The number of nitrogens with two attached hydrogens (primary N) is 3. The van der Waals surface area contributed by atoms with Crippen LogP contribution in [0.3, 0.4) is 0 Å². The van der Waals surface area contributed by atoms with E-state index in [-0.39, 0.29) is 24.3 Å². The number of aliphatic imine (C=N–C) groups is 2. The molecule has 0 aliphatic rings. The number of hydrogen-bond donors (Lipinski definition) is 3. The van der Waals surface area contributed by atoms with Crippen LogP contribution in [0.5, 0.6) is 0 Å². The van der Waals surface area contributed by atoms with Gasteiger partial charge < -0.3 is 29.6 Å². The molecule has 0 saturated heterocycles. The number of nitrogens with zero attached hydrogens (tertiary/aromatic N) is 2. The van der Waals surface area contributed by atoms with Crippen molar-refractivity contribution in [3.05, 3.63) is 30.1 Å². The van der Waals surface area contributed by atoms with Gasteiger partial charge in [0.1, 0.15) is 5.82 Å². The van der Waals surface area contributed by atoms with Gasteiger partial charge in [-0.3, -0.25) is 0 Å². The van der Waals surface area contributed by atoms with Crippen LogP contribution in [0.25, 0.3) is 0 Å². The van der Waals surface area contributed by atoms with Gasteiger partial charge in [-0.05, 0) is 18.2 Å². The van der Waals surface area contributed by atoms with Crippen molar-refractivity contribution in [1.82, 2.24) is 0 Å². The first-order valence-corrected chi connectivity index (χ1v) is 3.77. The average molecular weight is 231 g/mol. The predicted octanol–water partition coefficient (Wildman–Crippen LogP) is -2.95.